The maximum absolute atomic E-state index is 12.3. The highest BCUT2D eigenvalue weighted by Gasteiger charge is 2.15. The molecule has 1 amide bonds. The molecule has 0 spiro atoms. The second-order valence-electron chi connectivity index (χ2n) is 7.09. The summed E-state index contributed by atoms with van der Waals surface area (Å²) in [6.07, 6.45) is 0.803. The summed E-state index contributed by atoms with van der Waals surface area (Å²) in [4.78, 5) is 12.3. The Bertz CT molecular complexity index is 1090. The van der Waals surface area contributed by atoms with Gasteiger partial charge in [-0.25, -0.2) is 5.43 Å². The molecule has 0 heterocycles. The Morgan fingerprint density at radius 1 is 1.06 bits per heavy atom. The molecular formula is C25H25ClN2O4. The second kappa shape index (κ2) is 11.2. The molecule has 0 aliphatic carbocycles. The van der Waals surface area contributed by atoms with Crippen molar-refractivity contribution in [2.75, 3.05) is 7.11 Å². The molecule has 0 aromatic heterocycles. The van der Waals surface area contributed by atoms with Gasteiger partial charge in [0.2, 0.25) is 0 Å². The van der Waals surface area contributed by atoms with Crippen LogP contribution in [0, 0.1) is 6.92 Å². The minimum Gasteiger partial charge on any atom is -0.493 e. The Labute approximate surface area is 192 Å². The lowest BCUT2D eigenvalue weighted by Crippen LogP contribution is -2.33. The summed E-state index contributed by atoms with van der Waals surface area (Å²) in [6, 6.07) is 20.5. The fourth-order valence-corrected chi connectivity index (χ4v) is 3.10. The van der Waals surface area contributed by atoms with Crippen LogP contribution < -0.4 is 19.6 Å². The molecule has 0 radical (unpaired) electrons. The van der Waals surface area contributed by atoms with Crippen LogP contribution in [0.5, 0.6) is 17.2 Å². The minimum atomic E-state index is -0.727. The molecule has 6 nitrogen and oxygen atoms in total. The Balaban J connectivity index is 1.56. The lowest BCUT2D eigenvalue weighted by Gasteiger charge is -2.15. The average Bonchev–Trinajstić information content (AvgIpc) is 2.80. The van der Waals surface area contributed by atoms with Crippen molar-refractivity contribution in [2.45, 2.75) is 26.6 Å². The number of carbonyl (C=O) groups excluding carboxylic acids is 1. The number of nitrogens with zero attached hydrogens (tertiary/aromatic N) is 1. The number of methoxy groups -OCH3 is 1. The zero-order valence-electron chi connectivity index (χ0n) is 18.2. The van der Waals surface area contributed by atoms with Crippen LogP contribution in [0.3, 0.4) is 0 Å². The highest BCUT2D eigenvalue weighted by molar-refractivity contribution is 6.30. The summed E-state index contributed by atoms with van der Waals surface area (Å²) in [5.74, 6) is 1.42. The van der Waals surface area contributed by atoms with E-state index < -0.39 is 6.10 Å². The minimum absolute atomic E-state index is 0.370. The van der Waals surface area contributed by atoms with Crippen LogP contribution in [-0.4, -0.2) is 25.3 Å². The monoisotopic (exact) mass is 452 g/mol. The molecule has 0 bridgehead atoms. The lowest BCUT2D eigenvalue weighted by molar-refractivity contribution is -0.127. The number of hydrogen-bond acceptors (Lipinski definition) is 5. The van der Waals surface area contributed by atoms with E-state index in [1.54, 1.807) is 44.4 Å². The molecule has 1 N–H and O–H groups in total. The van der Waals surface area contributed by atoms with E-state index in [0.717, 1.165) is 16.7 Å². The fourth-order valence-electron chi connectivity index (χ4n) is 2.87. The first-order valence-electron chi connectivity index (χ1n) is 10.1. The second-order valence-corrected chi connectivity index (χ2v) is 7.53. The van der Waals surface area contributed by atoms with E-state index in [-0.39, 0.29) is 5.91 Å². The first-order chi connectivity index (χ1) is 15.5. The first-order valence-corrected chi connectivity index (χ1v) is 10.4. The molecule has 0 aliphatic heterocycles. The number of amides is 1. The normalized spacial score (nSPS) is 11.8. The molecule has 1 unspecified atom stereocenters. The van der Waals surface area contributed by atoms with Gasteiger partial charge in [-0.1, -0.05) is 41.9 Å². The van der Waals surface area contributed by atoms with Crippen molar-refractivity contribution >= 4 is 23.7 Å². The maximum Gasteiger partial charge on any atom is 0.280 e. The predicted octanol–water partition coefficient (Wildman–Crippen LogP) is 5.15. The first kappa shape index (κ1) is 23.2. The molecule has 0 saturated heterocycles. The standard InChI is InChI=1S/C25H25ClN2O4/c1-17-13-21(26)10-12-22(17)32-18(2)25(29)28-27-15-20-9-11-23(24(14-20)30-3)31-16-19-7-5-4-6-8-19/h4-15,18H,16H2,1-3H3,(H,28,29). The molecule has 0 aliphatic rings. The molecule has 3 aromatic carbocycles. The lowest BCUT2D eigenvalue weighted by atomic mass is 10.2. The van der Waals surface area contributed by atoms with E-state index in [9.17, 15) is 4.79 Å². The number of halogens is 1. The smallest absolute Gasteiger partial charge is 0.280 e. The summed E-state index contributed by atoms with van der Waals surface area (Å²) in [5.41, 5.74) is 5.15. The van der Waals surface area contributed by atoms with Crippen molar-refractivity contribution in [2.24, 2.45) is 5.10 Å². The van der Waals surface area contributed by atoms with Crippen LogP contribution in [0.2, 0.25) is 5.02 Å². The maximum atomic E-state index is 12.3. The van der Waals surface area contributed by atoms with Crippen LogP contribution in [0.25, 0.3) is 0 Å². The Morgan fingerprint density at radius 3 is 2.53 bits per heavy atom. The Kier molecular flexibility index (Phi) is 8.11. The van der Waals surface area contributed by atoms with Crippen molar-refractivity contribution in [3.8, 4) is 17.2 Å². The topological polar surface area (TPSA) is 69.2 Å². The summed E-state index contributed by atoms with van der Waals surface area (Å²) in [6.45, 7) is 3.96. The van der Waals surface area contributed by atoms with Crippen LogP contribution in [0.1, 0.15) is 23.6 Å². The van der Waals surface area contributed by atoms with Gasteiger partial charge >= 0.3 is 0 Å². The van der Waals surface area contributed by atoms with Gasteiger partial charge in [0.25, 0.3) is 5.91 Å². The molecule has 3 aromatic rings. The molecule has 0 saturated carbocycles. The molecule has 7 heteroatoms. The van der Waals surface area contributed by atoms with Gasteiger partial charge in [-0.15, -0.1) is 0 Å². The molecule has 1 atom stereocenters. The van der Waals surface area contributed by atoms with Crippen LogP contribution >= 0.6 is 11.6 Å². The molecule has 166 valence electrons. The van der Waals surface area contributed by atoms with Gasteiger partial charge in [-0.2, -0.15) is 5.10 Å². The number of benzene rings is 3. The van der Waals surface area contributed by atoms with Crippen LogP contribution in [0.4, 0.5) is 0 Å². The Morgan fingerprint density at radius 2 is 1.81 bits per heavy atom. The number of nitrogens with one attached hydrogen (secondary N) is 1. The average molecular weight is 453 g/mol. The van der Waals surface area contributed by atoms with E-state index >= 15 is 0 Å². The van der Waals surface area contributed by atoms with Gasteiger partial charge in [-0.3, -0.25) is 4.79 Å². The predicted molar refractivity (Wildman–Crippen MR) is 126 cm³/mol. The van der Waals surface area contributed by atoms with Crippen molar-refractivity contribution in [3.63, 3.8) is 0 Å². The number of carbonyl (C=O) groups is 1. The highest BCUT2D eigenvalue weighted by Crippen LogP contribution is 2.28. The number of hydrazone groups is 1. The van der Waals surface area contributed by atoms with Crippen LogP contribution in [0.15, 0.2) is 71.8 Å². The third-order valence-corrected chi connectivity index (χ3v) is 4.86. The third-order valence-electron chi connectivity index (χ3n) is 4.62. The third kappa shape index (κ3) is 6.49. The van der Waals surface area contributed by atoms with Crippen molar-refractivity contribution in [1.82, 2.24) is 5.43 Å². The van der Waals surface area contributed by atoms with E-state index in [0.29, 0.717) is 28.9 Å². The fraction of sp³-hybridized carbons (Fsp3) is 0.200. The van der Waals surface area contributed by atoms with Crippen molar-refractivity contribution in [3.05, 3.63) is 88.4 Å². The highest BCUT2D eigenvalue weighted by atomic mass is 35.5. The SMILES string of the molecule is COc1cc(C=NNC(=O)C(C)Oc2ccc(Cl)cc2C)ccc1OCc1ccccc1. The molecule has 32 heavy (non-hydrogen) atoms. The van der Waals surface area contributed by atoms with Gasteiger partial charge in [0.1, 0.15) is 12.4 Å². The van der Waals surface area contributed by atoms with Gasteiger partial charge in [0.15, 0.2) is 17.6 Å². The number of ether oxygens (including phenoxy) is 3. The quantitative estimate of drug-likeness (QED) is 0.360. The molecule has 3 rings (SSSR count). The summed E-state index contributed by atoms with van der Waals surface area (Å²) in [5, 5.41) is 4.63. The van der Waals surface area contributed by atoms with E-state index in [4.69, 9.17) is 25.8 Å². The van der Waals surface area contributed by atoms with Crippen LogP contribution in [-0.2, 0) is 11.4 Å². The number of hydrogen-bond donors (Lipinski definition) is 1. The number of rotatable bonds is 9. The van der Waals surface area contributed by atoms with Gasteiger partial charge in [-0.05, 0) is 66.9 Å². The summed E-state index contributed by atoms with van der Waals surface area (Å²) in [7, 11) is 1.57. The molecule has 0 fully saturated rings. The zero-order valence-corrected chi connectivity index (χ0v) is 18.9. The van der Waals surface area contributed by atoms with Gasteiger partial charge in [0.05, 0.1) is 13.3 Å². The van der Waals surface area contributed by atoms with Gasteiger partial charge < -0.3 is 14.2 Å². The summed E-state index contributed by atoms with van der Waals surface area (Å²) >= 11 is 5.95. The zero-order chi connectivity index (χ0) is 22.9. The largest absolute Gasteiger partial charge is 0.493 e. The summed E-state index contributed by atoms with van der Waals surface area (Å²) < 4.78 is 17.0. The van der Waals surface area contributed by atoms with E-state index in [1.165, 1.54) is 6.21 Å². The Hall–Kier alpha value is -3.51. The number of aryl methyl sites for hydroxylation is 1. The van der Waals surface area contributed by atoms with E-state index in [1.807, 2.05) is 43.3 Å². The van der Waals surface area contributed by atoms with Crippen molar-refractivity contribution < 1.29 is 19.0 Å². The molecular weight excluding hydrogens is 428 g/mol. The van der Waals surface area contributed by atoms with E-state index in [2.05, 4.69) is 10.5 Å². The van der Waals surface area contributed by atoms with Gasteiger partial charge in [0, 0.05) is 5.02 Å². The van der Waals surface area contributed by atoms with Crippen molar-refractivity contribution in [1.29, 1.82) is 0 Å².